The van der Waals surface area contributed by atoms with E-state index in [2.05, 4.69) is 0 Å². The summed E-state index contributed by atoms with van der Waals surface area (Å²) in [4.78, 5) is 0. The summed E-state index contributed by atoms with van der Waals surface area (Å²) < 4.78 is 89.7. The number of benzene rings is 1. The molecule has 24 heavy (non-hydrogen) atoms. The van der Waals surface area contributed by atoms with Crippen molar-refractivity contribution in [2.24, 2.45) is 0 Å². The Morgan fingerprint density at radius 3 is 1.67 bits per heavy atom. The van der Waals surface area contributed by atoms with Crippen LogP contribution in [0.1, 0.15) is 44.4 Å². The van der Waals surface area contributed by atoms with Gasteiger partial charge in [0.2, 0.25) is 0 Å². The van der Waals surface area contributed by atoms with Gasteiger partial charge in [-0.3, -0.25) is 0 Å². The Morgan fingerprint density at radius 1 is 0.833 bits per heavy atom. The Balaban J connectivity index is 2.63. The maximum absolute atomic E-state index is 13.1. The quantitative estimate of drug-likeness (QED) is 0.552. The minimum Gasteiger partial charge on any atom is -0.399 e. The van der Waals surface area contributed by atoms with Crippen LogP contribution in [0.25, 0.3) is 0 Å². The fourth-order valence-corrected chi connectivity index (χ4v) is 2.41. The lowest BCUT2D eigenvalue weighted by molar-refractivity contribution is -0.143. The van der Waals surface area contributed by atoms with Crippen molar-refractivity contribution in [2.75, 3.05) is 0 Å². The fourth-order valence-electron chi connectivity index (χ4n) is 2.41. The highest BCUT2D eigenvalue weighted by atomic mass is 19.4. The first-order valence-corrected chi connectivity index (χ1v) is 7.21. The van der Waals surface area contributed by atoms with Crippen LogP contribution in [0.15, 0.2) is 12.1 Å². The number of hydrogen-bond donors (Lipinski definition) is 0. The summed E-state index contributed by atoms with van der Waals surface area (Å²) in [7, 11) is -1.31. The highest BCUT2D eigenvalue weighted by Crippen LogP contribution is 2.40. The molecule has 1 saturated heterocycles. The van der Waals surface area contributed by atoms with Gasteiger partial charge in [-0.15, -0.1) is 0 Å². The second-order valence-electron chi connectivity index (χ2n) is 6.82. The van der Waals surface area contributed by atoms with Gasteiger partial charge in [-0.2, -0.15) is 26.3 Å². The van der Waals surface area contributed by atoms with Crippen LogP contribution in [0.4, 0.5) is 26.3 Å². The maximum atomic E-state index is 13.1. The molecule has 0 aromatic heterocycles. The maximum Gasteiger partial charge on any atom is 0.495 e. The van der Waals surface area contributed by atoms with E-state index in [4.69, 9.17) is 9.31 Å². The van der Waals surface area contributed by atoms with Gasteiger partial charge in [0.25, 0.3) is 0 Å². The van der Waals surface area contributed by atoms with E-state index in [9.17, 15) is 26.3 Å². The highest BCUT2D eigenvalue weighted by Gasteiger charge is 2.53. The van der Waals surface area contributed by atoms with Crippen LogP contribution in [0, 0.1) is 6.92 Å². The second-order valence-corrected chi connectivity index (χ2v) is 6.82. The van der Waals surface area contributed by atoms with Crippen molar-refractivity contribution in [3.63, 3.8) is 0 Å². The summed E-state index contributed by atoms with van der Waals surface area (Å²) in [6.07, 6.45) is -9.82. The minimum absolute atomic E-state index is 0.115. The van der Waals surface area contributed by atoms with Crippen LogP contribution in [0.2, 0.25) is 0 Å². The van der Waals surface area contributed by atoms with E-state index >= 15 is 0 Å². The standard InChI is InChI=1S/C15H17BF6O2/c1-8-10(15(20,21)22)6-9(14(17,18)19)7-11(8)16-23-12(2,3)13(4,5)24-16/h6-7H,1-5H3. The minimum atomic E-state index is -4.91. The van der Waals surface area contributed by atoms with Gasteiger partial charge in [0, 0.05) is 0 Å². The molecule has 2 nitrogen and oxygen atoms in total. The molecule has 0 radical (unpaired) electrons. The third-order valence-corrected chi connectivity index (χ3v) is 4.59. The highest BCUT2D eigenvalue weighted by molar-refractivity contribution is 6.62. The van der Waals surface area contributed by atoms with Gasteiger partial charge in [-0.05, 0) is 57.8 Å². The van der Waals surface area contributed by atoms with Gasteiger partial charge in [-0.1, -0.05) is 0 Å². The smallest absolute Gasteiger partial charge is 0.399 e. The molecule has 1 aromatic rings. The lowest BCUT2D eigenvalue weighted by Crippen LogP contribution is -2.41. The number of hydrogen-bond acceptors (Lipinski definition) is 2. The van der Waals surface area contributed by atoms with E-state index in [1.807, 2.05) is 0 Å². The summed E-state index contributed by atoms with van der Waals surface area (Å²) in [5.74, 6) is 0. The van der Waals surface area contributed by atoms with Crippen LogP contribution < -0.4 is 5.46 Å². The fraction of sp³-hybridized carbons (Fsp3) is 0.600. The Hall–Kier alpha value is -1.22. The topological polar surface area (TPSA) is 18.5 Å². The van der Waals surface area contributed by atoms with Gasteiger partial charge >= 0.3 is 19.5 Å². The first-order valence-electron chi connectivity index (χ1n) is 7.21. The second kappa shape index (κ2) is 5.39. The normalized spacial score (nSPS) is 20.5. The molecule has 9 heteroatoms. The molecule has 0 unspecified atom stereocenters. The number of halogens is 6. The molecule has 0 spiro atoms. The molecule has 1 aliphatic heterocycles. The molecule has 1 aromatic carbocycles. The molecule has 0 atom stereocenters. The molecule has 0 N–H and O–H groups in total. The Kier molecular flexibility index (Phi) is 4.29. The molecule has 134 valence electrons. The van der Waals surface area contributed by atoms with E-state index in [1.165, 1.54) is 0 Å². The first kappa shape index (κ1) is 19.1. The first-order chi connectivity index (χ1) is 10.6. The molecular formula is C15H17BF6O2. The predicted octanol–water partition coefficient (Wildman–Crippen LogP) is 4.33. The molecule has 0 amide bonds. The van der Waals surface area contributed by atoms with Crippen molar-refractivity contribution in [1.82, 2.24) is 0 Å². The monoisotopic (exact) mass is 354 g/mol. The summed E-state index contributed by atoms with van der Waals surface area (Å²) in [5, 5.41) is 0. The zero-order valence-electron chi connectivity index (χ0n) is 13.8. The SMILES string of the molecule is Cc1c(B2OC(C)(C)C(C)(C)O2)cc(C(F)(F)F)cc1C(F)(F)F. The zero-order chi connectivity index (χ0) is 18.7. The van der Waals surface area contributed by atoms with Crippen molar-refractivity contribution in [2.45, 2.75) is 58.2 Å². The molecule has 0 aliphatic carbocycles. The average Bonchev–Trinajstić information content (AvgIpc) is 2.55. The molecule has 1 aliphatic rings. The van der Waals surface area contributed by atoms with E-state index in [0.29, 0.717) is 6.07 Å². The largest absolute Gasteiger partial charge is 0.495 e. The lowest BCUT2D eigenvalue weighted by atomic mass is 9.74. The van der Waals surface area contributed by atoms with Crippen LogP contribution in [-0.4, -0.2) is 18.3 Å². The molecule has 2 rings (SSSR count). The van der Waals surface area contributed by atoms with Crippen molar-refractivity contribution in [3.8, 4) is 0 Å². The van der Waals surface area contributed by atoms with E-state index in [1.54, 1.807) is 27.7 Å². The summed E-state index contributed by atoms with van der Waals surface area (Å²) >= 11 is 0. The van der Waals surface area contributed by atoms with Crippen molar-refractivity contribution in [1.29, 1.82) is 0 Å². The Bertz CT molecular complexity index is 633. The van der Waals surface area contributed by atoms with Gasteiger partial charge in [0.05, 0.1) is 22.3 Å². The van der Waals surface area contributed by atoms with Crippen molar-refractivity contribution >= 4 is 12.6 Å². The molecule has 0 saturated carbocycles. The summed E-state index contributed by atoms with van der Waals surface area (Å²) in [6, 6.07) is 0.775. The molecular weight excluding hydrogens is 337 g/mol. The van der Waals surface area contributed by atoms with Crippen LogP contribution in [0.3, 0.4) is 0 Å². The number of rotatable bonds is 1. The van der Waals surface area contributed by atoms with Gasteiger partial charge in [0.15, 0.2) is 0 Å². The van der Waals surface area contributed by atoms with Gasteiger partial charge in [0.1, 0.15) is 0 Å². The predicted molar refractivity (Wildman–Crippen MR) is 76.9 cm³/mol. The van der Waals surface area contributed by atoms with E-state index in [0.717, 1.165) is 6.92 Å². The van der Waals surface area contributed by atoms with Crippen LogP contribution in [-0.2, 0) is 21.7 Å². The molecule has 0 bridgehead atoms. The molecule has 1 heterocycles. The summed E-state index contributed by atoms with van der Waals surface area (Å²) in [5.41, 5.74) is -5.09. The van der Waals surface area contributed by atoms with Gasteiger partial charge < -0.3 is 9.31 Å². The van der Waals surface area contributed by atoms with Gasteiger partial charge in [-0.25, -0.2) is 0 Å². The van der Waals surface area contributed by atoms with E-state index in [-0.39, 0.29) is 17.1 Å². The van der Waals surface area contributed by atoms with Crippen molar-refractivity contribution in [3.05, 3.63) is 28.8 Å². The third-order valence-electron chi connectivity index (χ3n) is 4.59. The van der Waals surface area contributed by atoms with Crippen LogP contribution in [0.5, 0.6) is 0 Å². The molecule has 1 fully saturated rings. The number of alkyl halides is 6. The Morgan fingerprint density at radius 2 is 1.29 bits per heavy atom. The zero-order valence-corrected chi connectivity index (χ0v) is 13.8. The van der Waals surface area contributed by atoms with E-state index < -0.39 is 41.8 Å². The third kappa shape index (κ3) is 3.28. The lowest BCUT2D eigenvalue weighted by Gasteiger charge is -2.32. The van der Waals surface area contributed by atoms with Crippen molar-refractivity contribution < 1.29 is 35.7 Å². The van der Waals surface area contributed by atoms with Crippen LogP contribution >= 0.6 is 0 Å². The Labute approximate surface area is 136 Å². The summed E-state index contributed by atoms with van der Waals surface area (Å²) in [6.45, 7) is 7.78. The average molecular weight is 354 g/mol.